The molecule has 0 radical (unpaired) electrons. The summed E-state index contributed by atoms with van der Waals surface area (Å²) in [6.45, 7) is 0.0434. The molecule has 1 atom stereocenters. The van der Waals surface area contributed by atoms with Crippen LogP contribution in [0.15, 0.2) is 24.3 Å². The molecule has 1 fully saturated rings. The van der Waals surface area contributed by atoms with Gasteiger partial charge in [-0.15, -0.1) is 0 Å². The summed E-state index contributed by atoms with van der Waals surface area (Å²) < 4.78 is 26.2. The molecule has 1 aliphatic carbocycles. The highest BCUT2D eigenvalue weighted by Gasteiger charge is 2.30. The summed E-state index contributed by atoms with van der Waals surface area (Å²) in [6.07, 6.45) is 1.31. The molecule has 0 amide bonds. The molecule has 1 unspecified atom stereocenters. The molecule has 5 nitrogen and oxygen atoms in total. The van der Waals surface area contributed by atoms with Crippen LogP contribution in [0.2, 0.25) is 0 Å². The third-order valence-corrected chi connectivity index (χ3v) is 4.46. The van der Waals surface area contributed by atoms with E-state index in [4.69, 9.17) is 5.26 Å². The number of rotatable bonds is 6. The average molecular weight is 280 g/mol. The summed E-state index contributed by atoms with van der Waals surface area (Å²) in [5.74, 6) is -0.0113. The van der Waals surface area contributed by atoms with Crippen molar-refractivity contribution < 1.29 is 13.5 Å². The van der Waals surface area contributed by atoms with Crippen molar-refractivity contribution in [3.8, 4) is 6.07 Å². The molecule has 0 aliphatic heterocycles. The Hall–Kier alpha value is -1.42. The fraction of sp³-hybridized carbons (Fsp3) is 0.462. The number of nitrogens with zero attached hydrogens (tertiary/aromatic N) is 1. The van der Waals surface area contributed by atoms with E-state index in [1.807, 2.05) is 6.07 Å². The second kappa shape index (κ2) is 5.70. The number of sulfonamides is 1. The Labute approximate surface area is 112 Å². The predicted molar refractivity (Wildman–Crippen MR) is 70.5 cm³/mol. The van der Waals surface area contributed by atoms with Crippen molar-refractivity contribution in [1.82, 2.24) is 4.72 Å². The first-order valence-electron chi connectivity index (χ1n) is 6.15. The zero-order valence-corrected chi connectivity index (χ0v) is 11.2. The van der Waals surface area contributed by atoms with Crippen LogP contribution in [0.25, 0.3) is 0 Å². The van der Waals surface area contributed by atoms with Gasteiger partial charge in [-0.25, -0.2) is 13.1 Å². The van der Waals surface area contributed by atoms with E-state index in [0.29, 0.717) is 11.1 Å². The minimum Gasteiger partial charge on any atom is -0.391 e. The van der Waals surface area contributed by atoms with Gasteiger partial charge in [0.2, 0.25) is 10.0 Å². The van der Waals surface area contributed by atoms with Crippen molar-refractivity contribution in [1.29, 1.82) is 5.26 Å². The smallest absolute Gasteiger partial charge is 0.215 e. The second-order valence-corrected chi connectivity index (χ2v) is 6.59. The van der Waals surface area contributed by atoms with Gasteiger partial charge in [0.25, 0.3) is 0 Å². The molecule has 2 N–H and O–H groups in total. The summed E-state index contributed by atoms with van der Waals surface area (Å²) in [4.78, 5) is 0. The summed E-state index contributed by atoms with van der Waals surface area (Å²) >= 11 is 0. The third-order valence-electron chi connectivity index (χ3n) is 3.16. The van der Waals surface area contributed by atoms with Crippen LogP contribution in [0.4, 0.5) is 0 Å². The monoisotopic (exact) mass is 280 g/mol. The fourth-order valence-corrected chi connectivity index (χ4v) is 3.06. The molecular formula is C13H16N2O3S. The van der Waals surface area contributed by atoms with Crippen molar-refractivity contribution in [2.75, 3.05) is 6.54 Å². The van der Waals surface area contributed by atoms with Gasteiger partial charge in [0.15, 0.2) is 0 Å². The molecule has 1 aromatic rings. The van der Waals surface area contributed by atoms with Crippen molar-refractivity contribution in [3.63, 3.8) is 0 Å². The molecule has 0 saturated heterocycles. The van der Waals surface area contributed by atoms with E-state index >= 15 is 0 Å². The van der Waals surface area contributed by atoms with Crippen LogP contribution in [0.1, 0.15) is 24.0 Å². The second-order valence-electron chi connectivity index (χ2n) is 4.78. The molecule has 1 aliphatic rings. The quantitative estimate of drug-likeness (QED) is 0.804. The zero-order chi connectivity index (χ0) is 13.9. The molecule has 102 valence electrons. The molecule has 1 aromatic carbocycles. The molecule has 0 spiro atoms. The lowest BCUT2D eigenvalue weighted by Gasteiger charge is -2.11. The molecule has 6 heteroatoms. The Morgan fingerprint density at radius 3 is 2.74 bits per heavy atom. The summed E-state index contributed by atoms with van der Waals surface area (Å²) in [5.41, 5.74) is 0.828. The van der Waals surface area contributed by atoms with Crippen molar-refractivity contribution in [3.05, 3.63) is 35.4 Å². The van der Waals surface area contributed by atoms with E-state index in [1.165, 1.54) is 0 Å². The molecule has 1 saturated carbocycles. The van der Waals surface area contributed by atoms with Crippen LogP contribution in [0.5, 0.6) is 0 Å². The van der Waals surface area contributed by atoms with Crippen LogP contribution < -0.4 is 4.72 Å². The molecule has 2 rings (SSSR count). The standard InChI is InChI=1S/C13H16N2O3S/c14-7-11-3-1-2-4-12(11)9-19(17,18)15-8-13(16)10-5-6-10/h1-4,10,13,15-16H,5-6,8-9H2. The number of nitrogens with one attached hydrogen (secondary N) is 1. The normalized spacial score (nSPS) is 16.8. The minimum atomic E-state index is -3.53. The van der Waals surface area contributed by atoms with E-state index in [0.717, 1.165) is 12.8 Å². The van der Waals surface area contributed by atoms with Gasteiger partial charge in [-0.05, 0) is 30.4 Å². The van der Waals surface area contributed by atoms with Crippen molar-refractivity contribution >= 4 is 10.0 Å². The van der Waals surface area contributed by atoms with Gasteiger partial charge in [0.1, 0.15) is 0 Å². The largest absolute Gasteiger partial charge is 0.391 e. The topological polar surface area (TPSA) is 90.2 Å². The van der Waals surface area contributed by atoms with Crippen LogP contribution in [0.3, 0.4) is 0 Å². The Morgan fingerprint density at radius 1 is 1.42 bits per heavy atom. The van der Waals surface area contributed by atoms with E-state index in [1.54, 1.807) is 24.3 Å². The van der Waals surface area contributed by atoms with E-state index < -0.39 is 16.1 Å². The van der Waals surface area contributed by atoms with Crippen LogP contribution in [-0.4, -0.2) is 26.2 Å². The van der Waals surface area contributed by atoms with Gasteiger partial charge in [0.05, 0.1) is 23.5 Å². The molecule has 0 bridgehead atoms. The third kappa shape index (κ3) is 4.03. The maximum Gasteiger partial charge on any atom is 0.215 e. The summed E-state index contributed by atoms with van der Waals surface area (Å²) in [5, 5.41) is 18.5. The van der Waals surface area contributed by atoms with Crippen LogP contribution >= 0.6 is 0 Å². The van der Waals surface area contributed by atoms with E-state index in [-0.39, 0.29) is 18.2 Å². The van der Waals surface area contributed by atoms with Gasteiger partial charge in [-0.2, -0.15) is 5.26 Å². The van der Waals surface area contributed by atoms with Crippen LogP contribution in [0, 0.1) is 17.2 Å². The Balaban J connectivity index is 1.98. The minimum absolute atomic E-state index is 0.0434. The predicted octanol–water partition coefficient (Wildman–Crippen LogP) is 0.749. The average Bonchev–Trinajstić information content (AvgIpc) is 3.20. The van der Waals surface area contributed by atoms with Crippen molar-refractivity contribution in [2.45, 2.75) is 24.7 Å². The summed E-state index contributed by atoms with van der Waals surface area (Å²) in [7, 11) is -3.53. The maximum absolute atomic E-state index is 11.9. The number of benzene rings is 1. The molecule has 0 heterocycles. The lowest BCUT2D eigenvalue weighted by Crippen LogP contribution is -2.34. The number of aliphatic hydroxyl groups is 1. The Morgan fingerprint density at radius 2 is 2.11 bits per heavy atom. The first-order valence-corrected chi connectivity index (χ1v) is 7.80. The van der Waals surface area contributed by atoms with Gasteiger partial charge >= 0.3 is 0 Å². The number of aliphatic hydroxyl groups excluding tert-OH is 1. The highest BCUT2D eigenvalue weighted by Crippen LogP contribution is 2.32. The first kappa shape index (κ1) is 14.0. The fourth-order valence-electron chi connectivity index (χ4n) is 1.87. The van der Waals surface area contributed by atoms with Crippen molar-refractivity contribution in [2.24, 2.45) is 5.92 Å². The Bertz CT molecular complexity index is 588. The number of hydrogen-bond acceptors (Lipinski definition) is 4. The van der Waals surface area contributed by atoms with E-state index in [2.05, 4.69) is 4.72 Å². The van der Waals surface area contributed by atoms with Gasteiger partial charge in [-0.3, -0.25) is 0 Å². The Kier molecular flexibility index (Phi) is 4.20. The van der Waals surface area contributed by atoms with Crippen LogP contribution in [-0.2, 0) is 15.8 Å². The van der Waals surface area contributed by atoms with Gasteiger partial charge < -0.3 is 5.11 Å². The van der Waals surface area contributed by atoms with Gasteiger partial charge in [-0.1, -0.05) is 18.2 Å². The first-order chi connectivity index (χ1) is 9.02. The maximum atomic E-state index is 11.9. The number of hydrogen-bond donors (Lipinski definition) is 2. The van der Waals surface area contributed by atoms with E-state index in [9.17, 15) is 13.5 Å². The lowest BCUT2D eigenvalue weighted by molar-refractivity contribution is 0.155. The van der Waals surface area contributed by atoms with Gasteiger partial charge in [0, 0.05) is 6.54 Å². The molecular weight excluding hydrogens is 264 g/mol. The molecule has 19 heavy (non-hydrogen) atoms. The zero-order valence-electron chi connectivity index (χ0n) is 10.4. The summed E-state index contributed by atoms with van der Waals surface area (Å²) in [6, 6.07) is 8.57. The highest BCUT2D eigenvalue weighted by molar-refractivity contribution is 7.88. The highest BCUT2D eigenvalue weighted by atomic mass is 32.2. The SMILES string of the molecule is N#Cc1ccccc1CS(=O)(=O)NCC(O)C1CC1. The lowest BCUT2D eigenvalue weighted by atomic mass is 10.1. The molecule has 0 aromatic heterocycles. The number of nitriles is 1.